The molecule has 128 valence electrons. The van der Waals surface area contributed by atoms with Gasteiger partial charge in [-0.2, -0.15) is 0 Å². The number of allylic oxidation sites excluding steroid dienone is 2. The molecule has 6 heteroatoms. The molecule has 1 aliphatic carbocycles. The molecule has 2 aliphatic rings. The number of carboxylic acids is 1. The molecule has 0 saturated carbocycles. The van der Waals surface area contributed by atoms with E-state index in [4.69, 9.17) is 0 Å². The van der Waals surface area contributed by atoms with Gasteiger partial charge in [-0.15, -0.1) is 0 Å². The fourth-order valence-electron chi connectivity index (χ4n) is 3.42. The lowest BCUT2D eigenvalue weighted by Crippen LogP contribution is -2.52. The molecule has 0 bridgehead atoms. The van der Waals surface area contributed by atoms with Crippen molar-refractivity contribution in [3.8, 4) is 0 Å². The van der Waals surface area contributed by atoms with E-state index in [0.717, 1.165) is 5.69 Å². The van der Waals surface area contributed by atoms with Gasteiger partial charge in [-0.05, 0) is 37.1 Å². The van der Waals surface area contributed by atoms with E-state index in [1.54, 1.807) is 23.1 Å². The Labute approximate surface area is 140 Å². The van der Waals surface area contributed by atoms with Gasteiger partial charge in [0.2, 0.25) is 5.91 Å². The highest BCUT2D eigenvalue weighted by Gasteiger charge is 2.34. The minimum atomic E-state index is -1.15. The van der Waals surface area contributed by atoms with Gasteiger partial charge < -0.3 is 19.7 Å². The third kappa shape index (κ3) is 3.42. The van der Waals surface area contributed by atoms with Crippen LogP contribution in [0.25, 0.3) is 0 Å². The topological polar surface area (TPSA) is 63.7 Å². The molecule has 1 heterocycles. The fourth-order valence-corrected chi connectivity index (χ4v) is 3.42. The first-order valence-corrected chi connectivity index (χ1v) is 8.21. The van der Waals surface area contributed by atoms with Crippen LogP contribution < -0.4 is 10.0 Å². The van der Waals surface area contributed by atoms with E-state index in [0.29, 0.717) is 39.0 Å². The molecule has 5 nitrogen and oxygen atoms in total. The van der Waals surface area contributed by atoms with Gasteiger partial charge >= 0.3 is 0 Å². The number of hydrogen-bond acceptors (Lipinski definition) is 4. The van der Waals surface area contributed by atoms with E-state index in [1.165, 1.54) is 12.1 Å². The minimum Gasteiger partial charge on any atom is -0.550 e. The number of carboxylic acid groups (broad SMARTS) is 1. The Balaban J connectivity index is 1.61. The quantitative estimate of drug-likeness (QED) is 0.769. The van der Waals surface area contributed by atoms with Crippen LogP contribution in [0.3, 0.4) is 0 Å². The first-order chi connectivity index (χ1) is 11.6. The van der Waals surface area contributed by atoms with Crippen molar-refractivity contribution >= 4 is 17.6 Å². The van der Waals surface area contributed by atoms with Gasteiger partial charge in [0, 0.05) is 49.7 Å². The second-order valence-electron chi connectivity index (χ2n) is 6.26. The third-order valence-electron chi connectivity index (χ3n) is 4.84. The molecule has 2 atom stereocenters. The Kier molecular flexibility index (Phi) is 4.83. The maximum atomic E-state index is 13.0. The molecule has 24 heavy (non-hydrogen) atoms. The predicted octanol–water partition coefficient (Wildman–Crippen LogP) is 0.807. The second-order valence-corrected chi connectivity index (χ2v) is 6.26. The smallest absolute Gasteiger partial charge is 0.226 e. The SMILES string of the molecule is O=C([O-])[C@H]1CC=CC[C@H]1C(=O)N1CCN(c2ccc(F)cc2)CC1. The monoisotopic (exact) mass is 331 g/mol. The molecule has 0 N–H and O–H groups in total. The Morgan fingerprint density at radius 2 is 1.54 bits per heavy atom. The maximum Gasteiger partial charge on any atom is 0.226 e. The van der Waals surface area contributed by atoms with Crippen molar-refractivity contribution in [2.24, 2.45) is 11.8 Å². The van der Waals surface area contributed by atoms with Crippen LogP contribution in [0, 0.1) is 17.7 Å². The van der Waals surface area contributed by atoms with E-state index in [9.17, 15) is 19.1 Å². The zero-order valence-corrected chi connectivity index (χ0v) is 13.4. The van der Waals surface area contributed by atoms with Crippen LogP contribution in [0.5, 0.6) is 0 Å². The zero-order chi connectivity index (χ0) is 17.1. The van der Waals surface area contributed by atoms with Crippen molar-refractivity contribution in [2.75, 3.05) is 31.1 Å². The highest BCUT2D eigenvalue weighted by atomic mass is 19.1. The summed E-state index contributed by atoms with van der Waals surface area (Å²) in [6.07, 6.45) is 4.48. The molecule has 1 saturated heterocycles. The van der Waals surface area contributed by atoms with Crippen molar-refractivity contribution in [2.45, 2.75) is 12.8 Å². The number of anilines is 1. The summed E-state index contributed by atoms with van der Waals surface area (Å²) in [7, 11) is 0. The Hall–Kier alpha value is -2.37. The third-order valence-corrected chi connectivity index (χ3v) is 4.84. The van der Waals surface area contributed by atoms with Gasteiger partial charge in [0.15, 0.2) is 0 Å². The second kappa shape index (κ2) is 7.03. The number of piperazine rings is 1. The summed E-state index contributed by atoms with van der Waals surface area (Å²) in [5.41, 5.74) is 0.928. The summed E-state index contributed by atoms with van der Waals surface area (Å²) in [5.74, 6) is -2.80. The van der Waals surface area contributed by atoms with E-state index < -0.39 is 17.8 Å². The molecule has 0 spiro atoms. The van der Waals surface area contributed by atoms with Crippen LogP contribution in [0.2, 0.25) is 0 Å². The molecule has 0 aromatic heterocycles. The van der Waals surface area contributed by atoms with Gasteiger partial charge in [-0.3, -0.25) is 4.79 Å². The zero-order valence-electron chi connectivity index (χ0n) is 13.4. The molecule has 1 aliphatic heterocycles. The van der Waals surface area contributed by atoms with Crippen LogP contribution in [0.1, 0.15) is 12.8 Å². The standard InChI is InChI=1S/C18H21FN2O3/c19-13-5-7-14(8-6-13)20-9-11-21(12-10-20)17(22)15-3-1-2-4-16(15)18(23)24/h1-2,5-8,15-16H,3-4,9-12H2,(H,23,24)/p-1/t15-,16+/m1/s1. The number of carbonyl (C=O) groups excluding carboxylic acids is 2. The first-order valence-electron chi connectivity index (χ1n) is 8.21. The molecular formula is C18H20FN2O3-. The highest BCUT2D eigenvalue weighted by Crippen LogP contribution is 2.28. The Morgan fingerprint density at radius 1 is 0.958 bits per heavy atom. The molecule has 1 fully saturated rings. The lowest BCUT2D eigenvalue weighted by molar-refractivity contribution is -0.313. The molecule has 1 amide bonds. The average Bonchev–Trinajstić information content (AvgIpc) is 2.62. The maximum absolute atomic E-state index is 13.0. The summed E-state index contributed by atoms with van der Waals surface area (Å²) in [6.45, 7) is 2.37. The van der Waals surface area contributed by atoms with Gasteiger partial charge in [0.05, 0.1) is 0 Å². The van der Waals surface area contributed by atoms with Gasteiger partial charge in [0.25, 0.3) is 0 Å². The number of halogens is 1. The number of carbonyl (C=O) groups is 2. The van der Waals surface area contributed by atoms with Gasteiger partial charge in [-0.25, -0.2) is 4.39 Å². The highest BCUT2D eigenvalue weighted by molar-refractivity contribution is 5.85. The predicted molar refractivity (Wildman–Crippen MR) is 85.6 cm³/mol. The number of aliphatic carboxylic acids is 1. The molecule has 3 rings (SSSR count). The molecule has 0 unspecified atom stereocenters. The van der Waals surface area contributed by atoms with Crippen molar-refractivity contribution in [3.05, 3.63) is 42.2 Å². The van der Waals surface area contributed by atoms with E-state index in [-0.39, 0.29) is 11.7 Å². The number of rotatable bonds is 3. The van der Waals surface area contributed by atoms with E-state index in [2.05, 4.69) is 4.90 Å². The summed E-state index contributed by atoms with van der Waals surface area (Å²) < 4.78 is 13.0. The van der Waals surface area contributed by atoms with Crippen molar-refractivity contribution < 1.29 is 19.1 Å². The molecule has 1 aromatic carbocycles. The summed E-state index contributed by atoms with van der Waals surface area (Å²) in [6, 6.07) is 6.30. The fraction of sp³-hybridized carbons (Fsp3) is 0.444. The first kappa shape index (κ1) is 16.5. The van der Waals surface area contributed by atoms with Crippen LogP contribution >= 0.6 is 0 Å². The number of nitrogens with zero attached hydrogens (tertiary/aromatic N) is 2. The summed E-state index contributed by atoms with van der Waals surface area (Å²) >= 11 is 0. The molecule has 0 radical (unpaired) electrons. The van der Waals surface area contributed by atoms with Crippen LogP contribution in [0.15, 0.2) is 36.4 Å². The Morgan fingerprint density at radius 3 is 2.12 bits per heavy atom. The largest absolute Gasteiger partial charge is 0.550 e. The van der Waals surface area contributed by atoms with Crippen LogP contribution in [0.4, 0.5) is 10.1 Å². The van der Waals surface area contributed by atoms with Crippen LogP contribution in [-0.4, -0.2) is 43.0 Å². The van der Waals surface area contributed by atoms with Crippen molar-refractivity contribution in [3.63, 3.8) is 0 Å². The van der Waals surface area contributed by atoms with Gasteiger partial charge in [0.1, 0.15) is 5.82 Å². The number of amides is 1. The normalized spacial score (nSPS) is 24.0. The van der Waals surface area contributed by atoms with Crippen LogP contribution in [-0.2, 0) is 9.59 Å². The average molecular weight is 331 g/mol. The van der Waals surface area contributed by atoms with E-state index >= 15 is 0 Å². The lowest BCUT2D eigenvalue weighted by Gasteiger charge is -2.39. The summed E-state index contributed by atoms with van der Waals surface area (Å²) in [5, 5.41) is 11.3. The summed E-state index contributed by atoms with van der Waals surface area (Å²) in [4.78, 5) is 27.8. The van der Waals surface area contributed by atoms with Crippen molar-refractivity contribution in [1.82, 2.24) is 4.90 Å². The number of hydrogen-bond donors (Lipinski definition) is 0. The molecule has 1 aromatic rings. The lowest BCUT2D eigenvalue weighted by atomic mass is 9.82. The van der Waals surface area contributed by atoms with Gasteiger partial charge in [-0.1, -0.05) is 12.2 Å². The Bertz CT molecular complexity index is 636. The number of benzene rings is 1. The molecular weight excluding hydrogens is 311 g/mol. The van der Waals surface area contributed by atoms with E-state index in [1.807, 2.05) is 6.08 Å². The van der Waals surface area contributed by atoms with Crippen molar-refractivity contribution in [1.29, 1.82) is 0 Å². The minimum absolute atomic E-state index is 0.104.